The summed E-state index contributed by atoms with van der Waals surface area (Å²) in [6.07, 6.45) is -3.56. The number of likely N-dealkylation sites (tertiary alicyclic amines) is 1. The lowest BCUT2D eigenvalue weighted by molar-refractivity contribution is -0.228. The van der Waals surface area contributed by atoms with E-state index in [1.165, 1.54) is 48.5 Å². The number of nitrogens with zero attached hydrogens (tertiary/aromatic N) is 1. The zero-order valence-corrected chi connectivity index (χ0v) is 25.2. The van der Waals surface area contributed by atoms with Crippen molar-refractivity contribution in [2.45, 2.75) is 67.7 Å². The Kier molecular flexibility index (Phi) is 8.18. The second-order valence-corrected chi connectivity index (χ2v) is 14.3. The molecule has 3 aromatic rings. The van der Waals surface area contributed by atoms with Crippen molar-refractivity contribution in [3.63, 3.8) is 0 Å². The highest BCUT2D eigenvalue weighted by molar-refractivity contribution is 7.91. The molecule has 0 saturated carbocycles. The van der Waals surface area contributed by atoms with E-state index in [2.05, 4.69) is 0 Å². The summed E-state index contributed by atoms with van der Waals surface area (Å²) in [7, 11) is -3.80. The van der Waals surface area contributed by atoms with Crippen LogP contribution >= 0.6 is 11.6 Å². The first kappa shape index (κ1) is 31.4. The minimum absolute atomic E-state index is 0.0600. The molecule has 1 amide bonds. The molecule has 230 valence electrons. The van der Waals surface area contributed by atoms with Crippen molar-refractivity contribution in [2.75, 3.05) is 12.3 Å². The normalized spacial score (nSPS) is 22.4. The predicted molar refractivity (Wildman–Crippen MR) is 154 cm³/mol. The van der Waals surface area contributed by atoms with Gasteiger partial charge in [-0.1, -0.05) is 48.9 Å². The Morgan fingerprint density at radius 2 is 1.70 bits per heavy atom. The van der Waals surface area contributed by atoms with Crippen molar-refractivity contribution in [1.29, 1.82) is 0 Å². The van der Waals surface area contributed by atoms with Gasteiger partial charge in [-0.25, -0.2) is 17.2 Å². The van der Waals surface area contributed by atoms with E-state index in [1.54, 1.807) is 24.0 Å². The van der Waals surface area contributed by atoms with Crippen LogP contribution in [0.15, 0.2) is 71.6 Å². The molecule has 1 heterocycles. The van der Waals surface area contributed by atoms with Crippen LogP contribution < -0.4 is 0 Å². The molecule has 4 atom stereocenters. The van der Waals surface area contributed by atoms with Crippen LogP contribution in [0.25, 0.3) is 0 Å². The van der Waals surface area contributed by atoms with Crippen LogP contribution in [-0.2, 0) is 38.6 Å². The van der Waals surface area contributed by atoms with Crippen LogP contribution in [0, 0.1) is 11.7 Å². The molecule has 4 nitrogen and oxygen atoms in total. The van der Waals surface area contributed by atoms with Crippen LogP contribution in [-0.4, -0.2) is 43.7 Å². The third kappa shape index (κ3) is 5.80. The molecule has 0 N–H and O–H groups in total. The minimum atomic E-state index is -5.09. The highest BCUT2D eigenvalue weighted by atomic mass is 35.5. The van der Waals surface area contributed by atoms with Crippen molar-refractivity contribution < 1.29 is 35.2 Å². The van der Waals surface area contributed by atoms with E-state index in [-0.39, 0.29) is 16.8 Å². The summed E-state index contributed by atoms with van der Waals surface area (Å²) < 4.78 is 95.4. The van der Waals surface area contributed by atoms with Gasteiger partial charge in [0.1, 0.15) is 5.82 Å². The Morgan fingerprint density at radius 3 is 2.33 bits per heavy atom. The Bertz CT molecular complexity index is 1620. The SMILES string of the molecule is CC(CS(=O)(=O)c1ccc(Cl)cc1)C(=O)N1CC[C@@]2(Cc3ccc(F)cc3)c3ccc(C(C)(F)C(F)(F)F)cc3CC[C@@H]12. The molecule has 0 spiro atoms. The quantitative estimate of drug-likeness (QED) is 0.254. The number of aryl methyl sites for hydroxylation is 1. The summed E-state index contributed by atoms with van der Waals surface area (Å²) in [5.41, 5.74) is -2.67. The van der Waals surface area contributed by atoms with E-state index in [1.807, 2.05) is 0 Å². The van der Waals surface area contributed by atoms with Crippen molar-refractivity contribution in [1.82, 2.24) is 4.90 Å². The maximum absolute atomic E-state index is 14.9. The zero-order chi connectivity index (χ0) is 31.4. The van der Waals surface area contributed by atoms with Crippen molar-refractivity contribution in [3.05, 3.63) is 99.8 Å². The summed E-state index contributed by atoms with van der Waals surface area (Å²) in [6, 6.07) is 15.2. The Balaban J connectivity index is 1.49. The van der Waals surface area contributed by atoms with Gasteiger partial charge in [-0.2, -0.15) is 13.2 Å². The van der Waals surface area contributed by atoms with Crippen LogP contribution in [0.4, 0.5) is 22.0 Å². The highest BCUT2D eigenvalue weighted by Crippen LogP contribution is 2.51. The lowest BCUT2D eigenvalue weighted by Gasteiger charge is -2.44. The third-order valence-electron chi connectivity index (χ3n) is 9.00. The molecule has 0 aromatic heterocycles. The molecule has 5 rings (SSSR count). The number of amides is 1. The van der Waals surface area contributed by atoms with Gasteiger partial charge < -0.3 is 4.90 Å². The average molecular weight is 640 g/mol. The molecule has 0 bridgehead atoms. The standard InChI is InChI=1S/C32H31ClF5NO3S/c1-20(19-43(41,42)26-11-7-24(33)8-12-26)29(40)39-16-15-31(18-21-3-9-25(34)10-4-21)27-13-6-23(30(2,35)32(36,37)38)17-22(27)5-14-28(31)39/h3-4,6-13,17,20,28H,5,14-16,18-19H2,1-2H3/t20?,28-,30?,31-/m1/s1. The fourth-order valence-corrected chi connectivity index (χ4v) is 8.34. The van der Waals surface area contributed by atoms with Gasteiger partial charge in [0, 0.05) is 28.9 Å². The largest absolute Gasteiger partial charge is 0.426 e. The Labute approximate surface area is 252 Å². The number of carbonyl (C=O) groups excluding carboxylic acids is 1. The van der Waals surface area contributed by atoms with Gasteiger partial charge in [0.25, 0.3) is 0 Å². The summed E-state index contributed by atoms with van der Waals surface area (Å²) in [4.78, 5) is 15.6. The van der Waals surface area contributed by atoms with Gasteiger partial charge in [-0.05, 0) is 91.3 Å². The molecule has 1 fully saturated rings. The number of benzene rings is 3. The number of hydrogen-bond donors (Lipinski definition) is 0. The van der Waals surface area contributed by atoms with Gasteiger partial charge in [0.2, 0.25) is 11.6 Å². The zero-order valence-electron chi connectivity index (χ0n) is 23.6. The van der Waals surface area contributed by atoms with Crippen molar-refractivity contribution in [2.24, 2.45) is 5.92 Å². The third-order valence-corrected chi connectivity index (χ3v) is 11.2. The molecule has 1 aliphatic carbocycles. The number of sulfone groups is 1. The second kappa shape index (κ2) is 11.2. The average Bonchev–Trinajstić information content (AvgIpc) is 3.32. The molecule has 3 aromatic carbocycles. The Hall–Kier alpha value is -2.98. The van der Waals surface area contributed by atoms with E-state index >= 15 is 0 Å². The minimum Gasteiger partial charge on any atom is -0.339 e. The predicted octanol–water partition coefficient (Wildman–Crippen LogP) is 7.36. The lowest BCUT2D eigenvalue weighted by Crippen LogP contribution is -2.51. The first-order valence-corrected chi connectivity index (χ1v) is 16.0. The summed E-state index contributed by atoms with van der Waals surface area (Å²) in [6.45, 7) is 2.38. The van der Waals surface area contributed by atoms with Crippen LogP contribution in [0.2, 0.25) is 5.02 Å². The maximum atomic E-state index is 14.9. The smallest absolute Gasteiger partial charge is 0.339 e. The van der Waals surface area contributed by atoms with Gasteiger partial charge in [-0.15, -0.1) is 0 Å². The molecular formula is C32H31ClF5NO3S. The lowest BCUT2D eigenvalue weighted by atomic mass is 9.63. The molecule has 2 aliphatic rings. The number of carbonyl (C=O) groups is 1. The maximum Gasteiger partial charge on any atom is 0.426 e. The first-order chi connectivity index (χ1) is 20.0. The summed E-state index contributed by atoms with van der Waals surface area (Å²) >= 11 is 5.89. The molecular weight excluding hydrogens is 609 g/mol. The van der Waals surface area contributed by atoms with Gasteiger partial charge in [-0.3, -0.25) is 4.79 Å². The molecule has 11 heteroatoms. The van der Waals surface area contributed by atoms with E-state index < -0.39 is 50.1 Å². The van der Waals surface area contributed by atoms with Crippen LogP contribution in [0.1, 0.15) is 48.9 Å². The van der Waals surface area contributed by atoms with E-state index in [0.717, 1.165) is 17.2 Å². The number of alkyl halides is 4. The van der Waals surface area contributed by atoms with E-state index in [0.29, 0.717) is 49.7 Å². The molecule has 2 unspecified atom stereocenters. The van der Waals surface area contributed by atoms with Crippen LogP contribution in [0.5, 0.6) is 0 Å². The van der Waals surface area contributed by atoms with E-state index in [4.69, 9.17) is 11.6 Å². The number of rotatable bonds is 7. The van der Waals surface area contributed by atoms with Crippen LogP contribution in [0.3, 0.4) is 0 Å². The van der Waals surface area contributed by atoms with Gasteiger partial charge in [0.15, 0.2) is 9.84 Å². The monoisotopic (exact) mass is 639 g/mol. The second-order valence-electron chi connectivity index (χ2n) is 11.8. The van der Waals surface area contributed by atoms with Gasteiger partial charge in [0.05, 0.1) is 10.6 Å². The van der Waals surface area contributed by atoms with E-state index in [9.17, 15) is 35.2 Å². The highest BCUT2D eigenvalue weighted by Gasteiger charge is 2.56. The Morgan fingerprint density at radius 1 is 1.05 bits per heavy atom. The van der Waals surface area contributed by atoms with Gasteiger partial charge >= 0.3 is 6.18 Å². The van der Waals surface area contributed by atoms with Crippen molar-refractivity contribution in [3.8, 4) is 0 Å². The molecule has 1 aliphatic heterocycles. The number of halogens is 6. The molecule has 43 heavy (non-hydrogen) atoms. The molecule has 0 radical (unpaired) electrons. The summed E-state index contributed by atoms with van der Waals surface area (Å²) in [5, 5.41) is 0.386. The van der Waals surface area contributed by atoms with Crippen molar-refractivity contribution >= 4 is 27.3 Å². The number of fused-ring (bicyclic) bond motifs is 3. The first-order valence-electron chi connectivity index (χ1n) is 14.0. The molecule has 1 saturated heterocycles. The summed E-state index contributed by atoms with van der Waals surface area (Å²) in [5.74, 6) is -2.03. The number of hydrogen-bond acceptors (Lipinski definition) is 3. The fourth-order valence-electron chi connectivity index (χ4n) is 6.67. The topological polar surface area (TPSA) is 54.5 Å². The fraction of sp³-hybridized carbons (Fsp3) is 0.406.